The Balaban J connectivity index is 2.35. The van der Waals surface area contributed by atoms with E-state index in [1.54, 1.807) is 25.3 Å². The fourth-order valence-corrected chi connectivity index (χ4v) is 2.78. The van der Waals surface area contributed by atoms with Gasteiger partial charge in [-0.1, -0.05) is 18.2 Å². The van der Waals surface area contributed by atoms with Crippen LogP contribution in [0.25, 0.3) is 6.08 Å². The lowest BCUT2D eigenvalue weighted by molar-refractivity contribution is 0.104. The van der Waals surface area contributed by atoms with Crippen LogP contribution in [0, 0.1) is 0 Å². The second-order valence-electron chi connectivity index (χ2n) is 4.79. The molecule has 1 N–H and O–H groups in total. The van der Waals surface area contributed by atoms with E-state index in [0.29, 0.717) is 10.2 Å². The summed E-state index contributed by atoms with van der Waals surface area (Å²) in [4.78, 5) is 12.5. The highest BCUT2D eigenvalue weighted by Crippen LogP contribution is 2.42. The molecule has 0 saturated heterocycles. The average Bonchev–Trinajstić information content (AvgIpc) is 2.61. The quantitative estimate of drug-likeness (QED) is 0.592. The van der Waals surface area contributed by atoms with Gasteiger partial charge < -0.3 is 19.3 Å². The second-order valence-corrected chi connectivity index (χ2v) is 5.58. The molecule has 2 aromatic carbocycles. The molecule has 0 spiro atoms. The van der Waals surface area contributed by atoms with Gasteiger partial charge in [-0.15, -0.1) is 0 Å². The van der Waals surface area contributed by atoms with Crippen LogP contribution in [-0.2, 0) is 0 Å². The van der Waals surface area contributed by atoms with Crippen molar-refractivity contribution in [3.05, 3.63) is 52.0 Å². The van der Waals surface area contributed by atoms with Crippen molar-refractivity contribution in [1.82, 2.24) is 0 Å². The van der Waals surface area contributed by atoms with Crippen LogP contribution in [0.4, 0.5) is 0 Å². The molecule has 0 saturated carbocycles. The van der Waals surface area contributed by atoms with Gasteiger partial charge in [0.05, 0.1) is 21.3 Å². The van der Waals surface area contributed by atoms with Gasteiger partial charge in [-0.05, 0) is 39.7 Å². The summed E-state index contributed by atoms with van der Waals surface area (Å²) < 4.78 is 15.9. The van der Waals surface area contributed by atoms with Crippen molar-refractivity contribution in [3.8, 4) is 23.0 Å². The maximum absolute atomic E-state index is 12.5. The number of ketones is 1. The molecule has 0 atom stereocenters. The topological polar surface area (TPSA) is 65.0 Å². The zero-order chi connectivity index (χ0) is 17.7. The van der Waals surface area contributed by atoms with Crippen molar-refractivity contribution in [2.24, 2.45) is 0 Å². The highest BCUT2D eigenvalue weighted by Gasteiger charge is 2.22. The Hall–Kier alpha value is -2.47. The normalized spacial score (nSPS) is 10.7. The van der Waals surface area contributed by atoms with Crippen molar-refractivity contribution in [2.45, 2.75) is 0 Å². The standard InChI is InChI=1S/C18H17BrO5/c1-22-12-7-4-11(5-8-12)6-9-13(20)16-14(21)10-15(23-2)17(19)18(16)24-3/h4-10,21H,1-3H3/b9-6+. The van der Waals surface area contributed by atoms with Gasteiger partial charge in [0.1, 0.15) is 27.3 Å². The van der Waals surface area contributed by atoms with Crippen molar-refractivity contribution >= 4 is 27.8 Å². The first-order chi connectivity index (χ1) is 11.5. The third-order valence-corrected chi connectivity index (χ3v) is 4.13. The first-order valence-electron chi connectivity index (χ1n) is 7.01. The van der Waals surface area contributed by atoms with Crippen LogP contribution in [0.1, 0.15) is 15.9 Å². The van der Waals surface area contributed by atoms with E-state index in [4.69, 9.17) is 14.2 Å². The van der Waals surface area contributed by atoms with Crippen molar-refractivity contribution < 1.29 is 24.1 Å². The Bertz CT molecular complexity index is 766. The molecule has 0 amide bonds. The van der Waals surface area contributed by atoms with E-state index in [-0.39, 0.29) is 22.8 Å². The molecule has 0 aliphatic rings. The zero-order valence-electron chi connectivity index (χ0n) is 13.5. The number of phenols is 1. The van der Waals surface area contributed by atoms with E-state index in [2.05, 4.69) is 15.9 Å². The largest absolute Gasteiger partial charge is 0.507 e. The van der Waals surface area contributed by atoms with Crippen LogP contribution in [0.15, 0.2) is 40.9 Å². The molecular weight excluding hydrogens is 376 g/mol. The number of carbonyl (C=O) groups is 1. The molecular formula is C18H17BrO5. The molecule has 0 radical (unpaired) electrons. The summed E-state index contributed by atoms with van der Waals surface area (Å²) in [5.41, 5.74) is 0.894. The summed E-state index contributed by atoms with van der Waals surface area (Å²) >= 11 is 3.32. The van der Waals surface area contributed by atoms with Gasteiger partial charge in [-0.3, -0.25) is 4.79 Å². The maximum Gasteiger partial charge on any atom is 0.193 e. The van der Waals surface area contributed by atoms with Gasteiger partial charge >= 0.3 is 0 Å². The molecule has 0 aliphatic carbocycles. The Morgan fingerprint density at radius 1 is 1.08 bits per heavy atom. The van der Waals surface area contributed by atoms with Gasteiger partial charge in [0, 0.05) is 6.07 Å². The minimum absolute atomic E-state index is 0.0648. The minimum Gasteiger partial charge on any atom is -0.507 e. The van der Waals surface area contributed by atoms with E-state index in [9.17, 15) is 9.90 Å². The molecule has 0 heterocycles. The number of phenolic OH excluding ortho intramolecular Hbond substituents is 1. The predicted octanol–water partition coefficient (Wildman–Crippen LogP) is 4.08. The number of hydrogen-bond donors (Lipinski definition) is 1. The Kier molecular flexibility index (Phi) is 5.87. The highest BCUT2D eigenvalue weighted by molar-refractivity contribution is 9.10. The number of halogens is 1. The molecule has 0 fully saturated rings. The van der Waals surface area contributed by atoms with Crippen LogP contribution in [0.3, 0.4) is 0 Å². The molecule has 5 nitrogen and oxygen atoms in total. The molecule has 0 unspecified atom stereocenters. The van der Waals surface area contributed by atoms with Crippen molar-refractivity contribution in [3.63, 3.8) is 0 Å². The van der Waals surface area contributed by atoms with Gasteiger partial charge in [-0.25, -0.2) is 0 Å². The summed E-state index contributed by atoms with van der Waals surface area (Å²) in [7, 11) is 4.47. The lowest BCUT2D eigenvalue weighted by Crippen LogP contribution is -2.02. The zero-order valence-corrected chi connectivity index (χ0v) is 15.1. The number of benzene rings is 2. The van der Waals surface area contributed by atoms with Crippen LogP contribution >= 0.6 is 15.9 Å². The molecule has 0 aromatic heterocycles. The lowest BCUT2D eigenvalue weighted by atomic mass is 10.1. The Morgan fingerprint density at radius 3 is 2.29 bits per heavy atom. The van der Waals surface area contributed by atoms with E-state index < -0.39 is 0 Å². The summed E-state index contributed by atoms with van der Waals surface area (Å²) in [6.45, 7) is 0. The van der Waals surface area contributed by atoms with Crippen LogP contribution in [0.5, 0.6) is 23.0 Å². The average molecular weight is 393 g/mol. The van der Waals surface area contributed by atoms with Crippen molar-refractivity contribution in [1.29, 1.82) is 0 Å². The van der Waals surface area contributed by atoms with Crippen molar-refractivity contribution in [2.75, 3.05) is 21.3 Å². The van der Waals surface area contributed by atoms with Gasteiger partial charge in [-0.2, -0.15) is 0 Å². The number of methoxy groups -OCH3 is 3. The van der Waals surface area contributed by atoms with E-state index in [1.807, 2.05) is 12.1 Å². The SMILES string of the molecule is COc1ccc(/C=C/C(=O)c2c(O)cc(OC)c(Br)c2OC)cc1. The van der Waals surface area contributed by atoms with Gasteiger partial charge in [0.15, 0.2) is 11.5 Å². The highest BCUT2D eigenvalue weighted by atomic mass is 79.9. The smallest absolute Gasteiger partial charge is 0.193 e. The number of rotatable bonds is 6. The fraction of sp³-hybridized carbons (Fsp3) is 0.167. The summed E-state index contributed by atoms with van der Waals surface area (Å²) in [5.74, 6) is 0.730. The minimum atomic E-state index is -0.386. The van der Waals surface area contributed by atoms with Gasteiger partial charge in [0.25, 0.3) is 0 Å². The van der Waals surface area contributed by atoms with E-state index in [1.165, 1.54) is 26.4 Å². The van der Waals surface area contributed by atoms with E-state index in [0.717, 1.165) is 11.3 Å². The Morgan fingerprint density at radius 2 is 1.75 bits per heavy atom. The predicted molar refractivity (Wildman–Crippen MR) is 95.3 cm³/mol. The van der Waals surface area contributed by atoms with E-state index >= 15 is 0 Å². The molecule has 2 aromatic rings. The molecule has 24 heavy (non-hydrogen) atoms. The third kappa shape index (κ3) is 3.71. The second kappa shape index (κ2) is 7.88. The molecule has 0 aliphatic heterocycles. The number of hydrogen-bond acceptors (Lipinski definition) is 5. The first kappa shape index (κ1) is 17.9. The summed E-state index contributed by atoms with van der Waals surface area (Å²) in [5, 5.41) is 10.1. The lowest BCUT2D eigenvalue weighted by Gasteiger charge is -2.13. The number of allylic oxidation sites excluding steroid dienone is 1. The third-order valence-electron chi connectivity index (χ3n) is 3.38. The fourth-order valence-electron chi connectivity index (χ4n) is 2.15. The number of carbonyl (C=O) groups excluding carboxylic acids is 1. The maximum atomic E-state index is 12.5. The molecule has 6 heteroatoms. The summed E-state index contributed by atoms with van der Waals surface area (Å²) in [6.07, 6.45) is 3.02. The summed E-state index contributed by atoms with van der Waals surface area (Å²) in [6, 6.07) is 8.60. The molecule has 0 bridgehead atoms. The van der Waals surface area contributed by atoms with Crippen LogP contribution < -0.4 is 14.2 Å². The van der Waals surface area contributed by atoms with Crippen LogP contribution in [-0.4, -0.2) is 32.2 Å². The first-order valence-corrected chi connectivity index (χ1v) is 7.81. The van der Waals surface area contributed by atoms with Gasteiger partial charge in [0.2, 0.25) is 0 Å². The van der Waals surface area contributed by atoms with Crippen LogP contribution in [0.2, 0.25) is 0 Å². The monoisotopic (exact) mass is 392 g/mol. The Labute approximate surface area is 148 Å². The molecule has 126 valence electrons. The number of aromatic hydroxyl groups is 1. The number of ether oxygens (including phenoxy) is 3. The molecule has 2 rings (SSSR count).